The third-order valence-electron chi connectivity index (χ3n) is 14.4. The predicted molar refractivity (Wildman–Crippen MR) is 284 cm³/mol. The summed E-state index contributed by atoms with van der Waals surface area (Å²) in [5.74, 6) is 0.928. The molecule has 0 aromatic carbocycles. The van der Waals surface area contributed by atoms with Crippen molar-refractivity contribution in [1.82, 2.24) is 0 Å². The van der Waals surface area contributed by atoms with Crippen LogP contribution in [0.15, 0.2) is 0 Å². The van der Waals surface area contributed by atoms with Crippen LogP contribution in [0.2, 0.25) is 0 Å². The number of hydrogen-bond donors (Lipinski definition) is 0. The zero-order chi connectivity index (χ0) is 48.2. The number of carbonyl (C=O) groups is 3. The number of rotatable bonds is 54. The van der Waals surface area contributed by atoms with Crippen molar-refractivity contribution in [3.05, 3.63) is 0 Å². The topological polar surface area (TPSA) is 78.9 Å². The van der Waals surface area contributed by atoms with Crippen LogP contribution < -0.4 is 0 Å². The first kappa shape index (κ1) is 64.4. The molecule has 66 heavy (non-hydrogen) atoms. The lowest BCUT2D eigenvalue weighted by atomic mass is 9.99. The van der Waals surface area contributed by atoms with Gasteiger partial charge in [-0.25, -0.2) is 0 Å². The Morgan fingerprint density at radius 3 is 0.788 bits per heavy atom. The lowest BCUT2D eigenvalue weighted by Crippen LogP contribution is -2.30. The molecule has 0 N–H and O–H groups in total. The molecule has 392 valence electrons. The molecule has 0 aromatic rings. The fraction of sp³-hybridized carbons (Fsp3) is 0.950. The van der Waals surface area contributed by atoms with Gasteiger partial charge in [0.2, 0.25) is 0 Å². The van der Waals surface area contributed by atoms with Crippen LogP contribution >= 0.6 is 0 Å². The molecule has 0 fully saturated rings. The summed E-state index contributed by atoms with van der Waals surface area (Å²) < 4.78 is 16.9. The van der Waals surface area contributed by atoms with Crippen LogP contribution in [0.4, 0.5) is 0 Å². The highest BCUT2D eigenvalue weighted by atomic mass is 16.6. The van der Waals surface area contributed by atoms with Crippen molar-refractivity contribution in [2.45, 2.75) is 343 Å². The van der Waals surface area contributed by atoms with Gasteiger partial charge in [-0.15, -0.1) is 0 Å². The van der Waals surface area contributed by atoms with E-state index in [0.717, 1.165) is 69.6 Å². The lowest BCUT2D eigenvalue weighted by Gasteiger charge is -2.18. The van der Waals surface area contributed by atoms with Crippen LogP contribution in [-0.4, -0.2) is 37.2 Å². The Bertz CT molecular complexity index is 1010. The normalized spacial score (nSPS) is 12.9. The van der Waals surface area contributed by atoms with E-state index in [1.54, 1.807) is 0 Å². The molecule has 0 aliphatic rings. The fourth-order valence-electron chi connectivity index (χ4n) is 9.16. The summed E-state index contributed by atoms with van der Waals surface area (Å²) >= 11 is 0. The highest BCUT2D eigenvalue weighted by Gasteiger charge is 2.19. The molecular formula is C60H116O6. The third-order valence-corrected chi connectivity index (χ3v) is 14.4. The molecule has 0 radical (unpaired) electrons. The van der Waals surface area contributed by atoms with Gasteiger partial charge in [0.1, 0.15) is 13.2 Å². The van der Waals surface area contributed by atoms with Crippen LogP contribution in [0, 0.1) is 11.8 Å². The van der Waals surface area contributed by atoms with Gasteiger partial charge in [0, 0.05) is 19.3 Å². The van der Waals surface area contributed by atoms with Crippen molar-refractivity contribution in [1.29, 1.82) is 0 Å². The number of carbonyl (C=O) groups excluding carboxylic acids is 3. The van der Waals surface area contributed by atoms with Crippen LogP contribution in [0.1, 0.15) is 336 Å². The molecule has 6 nitrogen and oxygen atoms in total. The summed E-state index contributed by atoms with van der Waals surface area (Å²) in [6.07, 6.45) is 56.5. The molecule has 0 heterocycles. The Kier molecular flexibility index (Phi) is 51.5. The maximum Gasteiger partial charge on any atom is 0.306 e. The first-order valence-electron chi connectivity index (χ1n) is 29.8. The van der Waals surface area contributed by atoms with Crippen molar-refractivity contribution in [3.63, 3.8) is 0 Å². The molecule has 0 saturated carbocycles. The van der Waals surface area contributed by atoms with E-state index in [-0.39, 0.29) is 31.1 Å². The van der Waals surface area contributed by atoms with Gasteiger partial charge in [-0.1, -0.05) is 298 Å². The number of unbranched alkanes of at least 4 members (excludes halogenated alkanes) is 37. The van der Waals surface area contributed by atoms with Gasteiger partial charge in [0.15, 0.2) is 6.10 Å². The van der Waals surface area contributed by atoms with Gasteiger partial charge >= 0.3 is 17.9 Å². The maximum absolute atomic E-state index is 12.9. The molecule has 0 amide bonds. The van der Waals surface area contributed by atoms with Gasteiger partial charge < -0.3 is 14.2 Å². The minimum absolute atomic E-state index is 0.0626. The average Bonchev–Trinajstić information content (AvgIpc) is 3.32. The second-order valence-corrected chi connectivity index (χ2v) is 21.1. The largest absolute Gasteiger partial charge is 0.462 e. The van der Waals surface area contributed by atoms with E-state index >= 15 is 0 Å². The average molecular weight is 934 g/mol. The van der Waals surface area contributed by atoms with Crippen LogP contribution in [0.5, 0.6) is 0 Å². The summed E-state index contributed by atoms with van der Waals surface area (Å²) in [4.78, 5) is 38.2. The second-order valence-electron chi connectivity index (χ2n) is 21.1. The van der Waals surface area contributed by atoms with Crippen molar-refractivity contribution in [2.24, 2.45) is 11.8 Å². The Labute approximate surface area is 412 Å². The first-order chi connectivity index (χ1) is 32.3. The number of ether oxygens (including phenoxy) is 3. The summed E-state index contributed by atoms with van der Waals surface area (Å²) in [7, 11) is 0. The van der Waals surface area contributed by atoms with Crippen LogP contribution in [0.25, 0.3) is 0 Å². The van der Waals surface area contributed by atoms with Gasteiger partial charge in [0.05, 0.1) is 0 Å². The van der Waals surface area contributed by atoms with E-state index in [2.05, 4.69) is 34.6 Å². The SMILES string of the molecule is CCCCCCCCCCCCCCCCCCC(=O)O[C@@H](COC(=O)CCCCCCCCCCCCCCCCC(C)CC)COC(=O)CCCCCCCCCCCCC(C)CC. The number of hydrogen-bond acceptors (Lipinski definition) is 6. The van der Waals surface area contributed by atoms with Crippen molar-refractivity contribution < 1.29 is 28.6 Å². The summed E-state index contributed by atoms with van der Waals surface area (Å²) in [5, 5.41) is 0. The minimum Gasteiger partial charge on any atom is -0.462 e. The Morgan fingerprint density at radius 1 is 0.303 bits per heavy atom. The minimum atomic E-state index is -0.763. The van der Waals surface area contributed by atoms with E-state index in [1.165, 1.54) is 225 Å². The smallest absolute Gasteiger partial charge is 0.306 e. The standard InChI is InChI=1S/C60H116O6/c1-6-9-10-11-12-13-14-15-16-17-22-25-32-37-42-47-52-60(63)66-57(54-65-59(62)51-46-41-36-31-27-26-29-34-39-44-49-56(5)8-3)53-64-58(61)50-45-40-35-30-24-21-19-18-20-23-28-33-38-43-48-55(4)7-2/h55-57H,6-54H2,1-5H3/t55?,56?,57-/m0/s1. The van der Waals surface area contributed by atoms with Gasteiger partial charge in [-0.3, -0.25) is 14.4 Å². The molecule has 0 aliphatic carbocycles. The molecule has 0 aliphatic heterocycles. The van der Waals surface area contributed by atoms with E-state index in [4.69, 9.17) is 14.2 Å². The molecule has 0 rings (SSSR count). The van der Waals surface area contributed by atoms with Gasteiger partial charge in [-0.05, 0) is 31.1 Å². The highest BCUT2D eigenvalue weighted by molar-refractivity contribution is 5.71. The summed E-state index contributed by atoms with van der Waals surface area (Å²) in [6.45, 7) is 11.5. The van der Waals surface area contributed by atoms with Crippen LogP contribution in [0.3, 0.4) is 0 Å². The molecule has 6 heteroatoms. The Morgan fingerprint density at radius 2 is 0.530 bits per heavy atom. The van der Waals surface area contributed by atoms with E-state index in [1.807, 2.05) is 0 Å². The molecule has 0 spiro atoms. The van der Waals surface area contributed by atoms with Crippen molar-refractivity contribution in [3.8, 4) is 0 Å². The molecular weight excluding hydrogens is 817 g/mol. The van der Waals surface area contributed by atoms with Gasteiger partial charge in [0.25, 0.3) is 0 Å². The van der Waals surface area contributed by atoms with E-state index < -0.39 is 6.10 Å². The number of esters is 3. The maximum atomic E-state index is 12.9. The molecule has 2 unspecified atom stereocenters. The second kappa shape index (κ2) is 52.8. The lowest BCUT2D eigenvalue weighted by molar-refractivity contribution is -0.167. The molecule has 3 atom stereocenters. The molecule has 0 aromatic heterocycles. The first-order valence-corrected chi connectivity index (χ1v) is 29.8. The summed E-state index contributed by atoms with van der Waals surface area (Å²) in [6, 6.07) is 0. The monoisotopic (exact) mass is 933 g/mol. The van der Waals surface area contributed by atoms with Gasteiger partial charge in [-0.2, -0.15) is 0 Å². The van der Waals surface area contributed by atoms with E-state index in [9.17, 15) is 14.4 Å². The summed E-state index contributed by atoms with van der Waals surface area (Å²) in [5.41, 5.74) is 0. The zero-order valence-electron chi connectivity index (χ0n) is 45.3. The van der Waals surface area contributed by atoms with Crippen LogP contribution in [-0.2, 0) is 28.6 Å². The molecule has 0 bridgehead atoms. The van der Waals surface area contributed by atoms with Crippen molar-refractivity contribution >= 4 is 17.9 Å². The Hall–Kier alpha value is -1.59. The van der Waals surface area contributed by atoms with Crippen molar-refractivity contribution in [2.75, 3.05) is 13.2 Å². The zero-order valence-corrected chi connectivity index (χ0v) is 45.3. The predicted octanol–water partition coefficient (Wildman–Crippen LogP) is 19.7. The Balaban J connectivity index is 4.30. The highest BCUT2D eigenvalue weighted by Crippen LogP contribution is 2.19. The quantitative estimate of drug-likeness (QED) is 0.0343. The van der Waals surface area contributed by atoms with E-state index in [0.29, 0.717) is 19.3 Å². The third kappa shape index (κ3) is 50.3. The molecule has 0 saturated heterocycles. The fourth-order valence-corrected chi connectivity index (χ4v) is 9.16.